The maximum Gasteiger partial charge on any atom is 0.287 e. The van der Waals surface area contributed by atoms with Crippen molar-refractivity contribution in [1.29, 1.82) is 0 Å². The Kier molecular flexibility index (Phi) is 7.06. The van der Waals surface area contributed by atoms with Crippen molar-refractivity contribution in [2.24, 2.45) is 0 Å². The third-order valence-electron chi connectivity index (χ3n) is 4.88. The maximum absolute atomic E-state index is 11.7. The summed E-state index contributed by atoms with van der Waals surface area (Å²) in [4.78, 5) is 28.6. The first-order chi connectivity index (χ1) is 15.5. The summed E-state index contributed by atoms with van der Waals surface area (Å²) in [5.74, 6) is 3.03. The molecule has 9 heteroatoms. The Morgan fingerprint density at radius 2 is 1.91 bits per heavy atom. The van der Waals surface area contributed by atoms with Crippen LogP contribution in [0.15, 0.2) is 57.8 Å². The lowest BCUT2D eigenvalue weighted by atomic mass is 10.1. The Labute approximate surface area is 194 Å². The van der Waals surface area contributed by atoms with Gasteiger partial charge in [-0.15, -0.1) is 11.8 Å². The number of hydrogen-bond acceptors (Lipinski definition) is 8. The van der Waals surface area contributed by atoms with Gasteiger partial charge < -0.3 is 19.6 Å². The summed E-state index contributed by atoms with van der Waals surface area (Å²) >= 11 is 2.32. The van der Waals surface area contributed by atoms with Gasteiger partial charge in [0, 0.05) is 29.5 Å². The number of aromatic hydroxyl groups is 1. The number of benzene rings is 2. The fraction of sp³-hybridized carbons (Fsp3) is 0.261. The van der Waals surface area contributed by atoms with E-state index in [1.165, 1.54) is 0 Å². The van der Waals surface area contributed by atoms with E-state index in [-0.39, 0.29) is 16.1 Å². The van der Waals surface area contributed by atoms with Crippen LogP contribution < -0.4 is 10.1 Å². The number of rotatable bonds is 9. The van der Waals surface area contributed by atoms with Crippen molar-refractivity contribution in [2.75, 3.05) is 6.61 Å². The number of phenolic OH excluding ortho intramolecular Hbond substituents is 1. The highest BCUT2D eigenvalue weighted by Crippen LogP contribution is 2.25. The fourth-order valence-electron chi connectivity index (χ4n) is 3.22. The minimum absolute atomic E-state index is 0.140. The molecule has 1 atom stereocenters. The molecule has 1 fully saturated rings. The highest BCUT2D eigenvalue weighted by molar-refractivity contribution is 8.26. The molecule has 166 valence electrons. The predicted molar refractivity (Wildman–Crippen MR) is 123 cm³/mol. The lowest BCUT2D eigenvalue weighted by Gasteiger charge is -2.09. The molecule has 1 saturated heterocycles. The van der Waals surface area contributed by atoms with Gasteiger partial charge >= 0.3 is 0 Å². The second-order valence-electron chi connectivity index (χ2n) is 7.25. The quantitative estimate of drug-likeness (QED) is 0.441. The van der Waals surface area contributed by atoms with Crippen molar-refractivity contribution in [2.45, 2.75) is 36.5 Å². The van der Waals surface area contributed by atoms with Gasteiger partial charge in [-0.05, 0) is 48.9 Å². The molecule has 0 saturated carbocycles. The monoisotopic (exact) mass is 470 g/mol. The third kappa shape index (κ3) is 5.86. The molecule has 0 bridgehead atoms. The molecule has 0 radical (unpaired) electrons. The topological polar surface area (TPSA) is 102 Å². The smallest absolute Gasteiger partial charge is 0.287 e. The van der Waals surface area contributed by atoms with Crippen LogP contribution in [0.2, 0.25) is 0 Å². The van der Waals surface area contributed by atoms with E-state index in [9.17, 15) is 14.7 Å². The fourth-order valence-corrected chi connectivity index (χ4v) is 4.63. The zero-order valence-electron chi connectivity index (χ0n) is 17.4. The molecule has 1 amide bonds. The van der Waals surface area contributed by atoms with Gasteiger partial charge in [0.15, 0.2) is 0 Å². The van der Waals surface area contributed by atoms with Crippen LogP contribution >= 0.6 is 23.5 Å². The van der Waals surface area contributed by atoms with Crippen LogP contribution in [0, 0.1) is 6.92 Å². The molecule has 7 nitrogen and oxygen atoms in total. The van der Waals surface area contributed by atoms with Crippen molar-refractivity contribution < 1.29 is 23.8 Å². The summed E-state index contributed by atoms with van der Waals surface area (Å²) < 4.78 is 11.6. The largest absolute Gasteiger partial charge is 0.508 e. The number of oxazole rings is 1. The standard InChI is InChI=1S/C23H22N2O5S2/c1-14-19(24-21(30-14)13-31-18-8-4-16(26)5-9-18)10-11-29-17-6-2-15(3-7-17)12-20-22(27)32-23(28)25-20/h2-9,20,26H,10-13H2,1H3,(H,25,28). The molecule has 2 aromatic carbocycles. The second kappa shape index (κ2) is 10.1. The van der Waals surface area contributed by atoms with Crippen LogP contribution in [0.4, 0.5) is 4.79 Å². The molecule has 0 spiro atoms. The second-order valence-corrected chi connectivity index (χ2v) is 9.27. The number of carbonyl (C=O) groups excluding carboxylic acids is 2. The number of ether oxygens (including phenoxy) is 1. The summed E-state index contributed by atoms with van der Waals surface area (Å²) in [5, 5.41) is 11.6. The molecule has 0 aliphatic carbocycles. The molecule has 1 unspecified atom stereocenters. The highest BCUT2D eigenvalue weighted by atomic mass is 32.2. The first kappa shape index (κ1) is 22.3. The Hall–Kier alpha value is -2.91. The van der Waals surface area contributed by atoms with Crippen LogP contribution in [0.3, 0.4) is 0 Å². The number of nitrogens with one attached hydrogen (secondary N) is 1. The van der Waals surface area contributed by atoms with Gasteiger partial charge in [0.25, 0.3) is 5.24 Å². The molecule has 2 heterocycles. The summed E-state index contributed by atoms with van der Waals surface area (Å²) in [7, 11) is 0. The van der Waals surface area contributed by atoms with Gasteiger partial charge in [0.1, 0.15) is 23.3 Å². The van der Waals surface area contributed by atoms with E-state index in [0.717, 1.165) is 39.4 Å². The summed E-state index contributed by atoms with van der Waals surface area (Å²) in [6.07, 6.45) is 1.10. The van der Waals surface area contributed by atoms with Gasteiger partial charge in [-0.2, -0.15) is 0 Å². The van der Waals surface area contributed by atoms with Gasteiger partial charge in [0.2, 0.25) is 11.0 Å². The van der Waals surface area contributed by atoms with Crippen LogP contribution in [-0.2, 0) is 23.4 Å². The van der Waals surface area contributed by atoms with E-state index in [0.29, 0.717) is 31.1 Å². The number of phenols is 1. The molecule has 1 aliphatic heterocycles. The van der Waals surface area contributed by atoms with Gasteiger partial charge in [0.05, 0.1) is 18.1 Å². The van der Waals surface area contributed by atoms with E-state index in [1.54, 1.807) is 23.9 Å². The van der Waals surface area contributed by atoms with Crippen molar-refractivity contribution in [3.63, 3.8) is 0 Å². The number of aromatic nitrogens is 1. The first-order valence-electron chi connectivity index (χ1n) is 10.1. The molecular weight excluding hydrogens is 448 g/mol. The maximum atomic E-state index is 11.7. The van der Waals surface area contributed by atoms with Crippen LogP contribution in [0.5, 0.6) is 11.5 Å². The number of amides is 1. The Morgan fingerprint density at radius 1 is 1.16 bits per heavy atom. The predicted octanol–water partition coefficient (Wildman–Crippen LogP) is 4.50. The van der Waals surface area contributed by atoms with Crippen LogP contribution in [0.25, 0.3) is 0 Å². The molecule has 3 aromatic rings. The third-order valence-corrected chi connectivity index (χ3v) is 6.66. The number of nitrogens with zero attached hydrogens (tertiary/aromatic N) is 1. The molecule has 1 aromatic heterocycles. The number of carbonyl (C=O) groups is 2. The number of thioether (sulfide) groups is 2. The van der Waals surface area contributed by atoms with Crippen molar-refractivity contribution in [1.82, 2.24) is 10.3 Å². The molecule has 32 heavy (non-hydrogen) atoms. The van der Waals surface area contributed by atoms with E-state index in [4.69, 9.17) is 9.15 Å². The minimum atomic E-state index is -0.462. The van der Waals surface area contributed by atoms with Crippen molar-refractivity contribution >= 4 is 33.9 Å². The zero-order chi connectivity index (χ0) is 22.5. The normalized spacial score (nSPS) is 15.7. The van der Waals surface area contributed by atoms with Crippen molar-refractivity contribution in [3.8, 4) is 11.5 Å². The lowest BCUT2D eigenvalue weighted by molar-refractivity contribution is -0.112. The first-order valence-corrected chi connectivity index (χ1v) is 11.9. The molecule has 2 N–H and O–H groups in total. The van der Waals surface area contributed by atoms with E-state index >= 15 is 0 Å². The van der Waals surface area contributed by atoms with Crippen molar-refractivity contribution in [3.05, 3.63) is 71.4 Å². The highest BCUT2D eigenvalue weighted by Gasteiger charge is 2.31. The summed E-state index contributed by atoms with van der Waals surface area (Å²) in [6, 6.07) is 14.1. The minimum Gasteiger partial charge on any atom is -0.508 e. The molecular formula is C23H22N2O5S2. The zero-order valence-corrected chi connectivity index (χ0v) is 19.0. The average molecular weight is 471 g/mol. The summed E-state index contributed by atoms with van der Waals surface area (Å²) in [6.45, 7) is 2.36. The van der Waals surface area contributed by atoms with Gasteiger partial charge in [-0.3, -0.25) is 9.59 Å². The van der Waals surface area contributed by atoms with Gasteiger partial charge in [-0.1, -0.05) is 12.1 Å². The Morgan fingerprint density at radius 3 is 2.59 bits per heavy atom. The van der Waals surface area contributed by atoms with Crippen LogP contribution in [0.1, 0.15) is 22.9 Å². The van der Waals surface area contributed by atoms with E-state index < -0.39 is 6.04 Å². The van der Waals surface area contributed by atoms with Crippen LogP contribution in [-0.4, -0.2) is 33.1 Å². The number of hydrogen-bond donors (Lipinski definition) is 2. The Balaban J connectivity index is 1.24. The van der Waals surface area contributed by atoms with Gasteiger partial charge in [-0.25, -0.2) is 4.98 Å². The van der Waals surface area contributed by atoms with E-state index in [1.807, 2.05) is 43.3 Å². The number of aryl methyl sites for hydroxylation is 1. The average Bonchev–Trinajstić information content (AvgIpc) is 3.29. The Bertz CT molecular complexity index is 1100. The van der Waals surface area contributed by atoms with E-state index in [2.05, 4.69) is 10.3 Å². The SMILES string of the molecule is Cc1oc(CSc2ccc(O)cc2)nc1CCOc1ccc(CC2NC(=O)SC2=O)cc1. The summed E-state index contributed by atoms with van der Waals surface area (Å²) in [5.41, 5.74) is 1.83. The lowest BCUT2D eigenvalue weighted by Crippen LogP contribution is -2.30. The molecule has 4 rings (SSSR count). The molecule has 1 aliphatic rings.